The van der Waals surface area contributed by atoms with E-state index in [2.05, 4.69) is 16.5 Å². The van der Waals surface area contributed by atoms with Crippen molar-refractivity contribution in [3.05, 3.63) is 29.6 Å². The fourth-order valence-electron chi connectivity index (χ4n) is 3.02. The molecule has 0 amide bonds. The van der Waals surface area contributed by atoms with Gasteiger partial charge in [-0.15, -0.1) is 0 Å². The third kappa shape index (κ3) is 4.06. The lowest BCUT2D eigenvalue weighted by Gasteiger charge is -2.38. The number of hydrogen-bond acceptors (Lipinski definition) is 3. The van der Waals surface area contributed by atoms with E-state index in [0.29, 0.717) is 12.6 Å². The van der Waals surface area contributed by atoms with Crippen LogP contribution in [0.25, 0.3) is 0 Å². The first kappa shape index (κ1) is 17.4. The van der Waals surface area contributed by atoms with Crippen molar-refractivity contribution in [1.82, 2.24) is 9.62 Å². The van der Waals surface area contributed by atoms with E-state index in [9.17, 15) is 12.8 Å². The Morgan fingerprint density at radius 3 is 2.82 bits per heavy atom. The lowest BCUT2D eigenvalue weighted by Crippen LogP contribution is -2.48. The molecule has 1 N–H and O–H groups in total. The van der Waals surface area contributed by atoms with Gasteiger partial charge in [0.05, 0.1) is 0 Å². The van der Waals surface area contributed by atoms with Gasteiger partial charge in [0.25, 0.3) is 0 Å². The van der Waals surface area contributed by atoms with Crippen LogP contribution in [0.1, 0.15) is 38.7 Å². The fourth-order valence-corrected chi connectivity index (χ4v) is 4.30. The average molecular weight is 328 g/mol. The molecule has 22 heavy (non-hydrogen) atoms. The highest BCUT2D eigenvalue weighted by atomic mass is 32.2. The summed E-state index contributed by atoms with van der Waals surface area (Å²) < 4.78 is 40.9. The molecule has 1 saturated heterocycles. The van der Waals surface area contributed by atoms with E-state index in [-0.39, 0.29) is 10.9 Å². The zero-order valence-electron chi connectivity index (χ0n) is 13.5. The quantitative estimate of drug-likeness (QED) is 0.904. The van der Waals surface area contributed by atoms with Gasteiger partial charge in [0.15, 0.2) is 0 Å². The molecule has 124 valence electrons. The van der Waals surface area contributed by atoms with Gasteiger partial charge in [0.2, 0.25) is 10.0 Å². The SMILES string of the molecule is Cc1ccc(F)c(S(=O)(=O)NC[C@@H](C)N2CCCC[C@H]2C)c1. The number of nitrogens with zero attached hydrogens (tertiary/aromatic N) is 1. The van der Waals surface area contributed by atoms with Crippen molar-refractivity contribution >= 4 is 10.0 Å². The molecular weight excluding hydrogens is 303 g/mol. The smallest absolute Gasteiger partial charge is 0.243 e. The maximum Gasteiger partial charge on any atom is 0.243 e. The molecule has 0 spiro atoms. The molecule has 1 aliphatic heterocycles. The predicted molar refractivity (Wildman–Crippen MR) is 85.8 cm³/mol. The summed E-state index contributed by atoms with van der Waals surface area (Å²) >= 11 is 0. The second-order valence-corrected chi connectivity index (χ2v) is 7.95. The summed E-state index contributed by atoms with van der Waals surface area (Å²) in [7, 11) is -3.82. The molecule has 6 heteroatoms. The van der Waals surface area contributed by atoms with Crippen molar-refractivity contribution in [1.29, 1.82) is 0 Å². The monoisotopic (exact) mass is 328 g/mol. The third-order valence-corrected chi connectivity index (χ3v) is 5.80. The maximum atomic E-state index is 13.8. The summed E-state index contributed by atoms with van der Waals surface area (Å²) in [5.74, 6) is -0.711. The van der Waals surface area contributed by atoms with Crippen molar-refractivity contribution in [2.24, 2.45) is 0 Å². The topological polar surface area (TPSA) is 49.4 Å². The summed E-state index contributed by atoms with van der Waals surface area (Å²) in [6.45, 7) is 7.21. The normalized spacial score (nSPS) is 21.7. The van der Waals surface area contributed by atoms with Crippen LogP contribution in [0, 0.1) is 12.7 Å². The summed E-state index contributed by atoms with van der Waals surface area (Å²) in [6.07, 6.45) is 3.52. The number of nitrogens with one attached hydrogen (secondary N) is 1. The molecule has 0 unspecified atom stereocenters. The fraction of sp³-hybridized carbons (Fsp3) is 0.625. The van der Waals surface area contributed by atoms with E-state index in [1.165, 1.54) is 18.6 Å². The van der Waals surface area contributed by atoms with Gasteiger partial charge in [-0.1, -0.05) is 12.5 Å². The second kappa shape index (κ2) is 7.06. The van der Waals surface area contributed by atoms with Gasteiger partial charge in [0.1, 0.15) is 10.7 Å². The number of sulfonamides is 1. The highest BCUT2D eigenvalue weighted by Crippen LogP contribution is 2.20. The van der Waals surface area contributed by atoms with E-state index >= 15 is 0 Å². The highest BCUT2D eigenvalue weighted by molar-refractivity contribution is 7.89. The minimum atomic E-state index is -3.82. The average Bonchev–Trinajstić information content (AvgIpc) is 2.48. The zero-order chi connectivity index (χ0) is 16.3. The van der Waals surface area contributed by atoms with E-state index in [4.69, 9.17) is 0 Å². The number of benzene rings is 1. The van der Waals surface area contributed by atoms with Crippen LogP contribution in [0.3, 0.4) is 0 Å². The second-order valence-electron chi connectivity index (χ2n) is 6.22. The number of likely N-dealkylation sites (tertiary alicyclic amines) is 1. The Bertz CT molecular complexity index is 619. The molecule has 1 aromatic carbocycles. The van der Waals surface area contributed by atoms with Crippen molar-refractivity contribution in [2.45, 2.75) is 57.0 Å². The first-order chi connectivity index (χ1) is 10.3. The van der Waals surface area contributed by atoms with E-state index < -0.39 is 15.8 Å². The number of hydrogen-bond donors (Lipinski definition) is 1. The first-order valence-corrected chi connectivity index (χ1v) is 9.31. The molecule has 1 aliphatic rings. The van der Waals surface area contributed by atoms with Crippen LogP contribution >= 0.6 is 0 Å². The van der Waals surface area contributed by atoms with Crippen molar-refractivity contribution in [2.75, 3.05) is 13.1 Å². The summed E-state index contributed by atoms with van der Waals surface area (Å²) in [5.41, 5.74) is 0.722. The Hall–Kier alpha value is -0.980. The van der Waals surface area contributed by atoms with Gasteiger partial charge in [-0.2, -0.15) is 0 Å². The molecule has 0 aliphatic carbocycles. The van der Waals surface area contributed by atoms with Crippen molar-refractivity contribution < 1.29 is 12.8 Å². The molecule has 1 heterocycles. The molecule has 0 radical (unpaired) electrons. The molecule has 4 nitrogen and oxygen atoms in total. The Morgan fingerprint density at radius 2 is 2.14 bits per heavy atom. The van der Waals surface area contributed by atoms with E-state index in [0.717, 1.165) is 24.9 Å². The van der Waals surface area contributed by atoms with Gasteiger partial charge in [-0.3, -0.25) is 4.90 Å². The molecule has 0 bridgehead atoms. The van der Waals surface area contributed by atoms with Crippen LogP contribution in [0.15, 0.2) is 23.1 Å². The Labute approximate surface area is 132 Å². The standard InChI is InChI=1S/C16H25FN2O2S/c1-12-7-8-15(17)16(10-12)22(20,21)18-11-14(3)19-9-5-4-6-13(19)2/h7-8,10,13-14,18H,4-6,9,11H2,1-3H3/t13-,14-/m1/s1. The summed E-state index contributed by atoms with van der Waals surface area (Å²) in [6, 6.07) is 4.68. The van der Waals surface area contributed by atoms with Crippen LogP contribution in [0.4, 0.5) is 4.39 Å². The van der Waals surface area contributed by atoms with Gasteiger partial charge in [-0.25, -0.2) is 17.5 Å². The largest absolute Gasteiger partial charge is 0.297 e. The summed E-state index contributed by atoms with van der Waals surface area (Å²) in [4.78, 5) is 2.05. The number of aryl methyl sites for hydroxylation is 1. The Kier molecular flexibility index (Phi) is 5.58. The third-order valence-electron chi connectivity index (χ3n) is 4.37. The van der Waals surface area contributed by atoms with Crippen molar-refractivity contribution in [3.63, 3.8) is 0 Å². The number of rotatable bonds is 5. The maximum absolute atomic E-state index is 13.8. The number of piperidine rings is 1. The molecule has 0 aromatic heterocycles. The Balaban J connectivity index is 2.04. The molecule has 1 aromatic rings. The lowest BCUT2D eigenvalue weighted by atomic mass is 10.0. The van der Waals surface area contributed by atoms with Crippen molar-refractivity contribution in [3.8, 4) is 0 Å². The van der Waals surface area contributed by atoms with Gasteiger partial charge in [-0.05, 0) is 57.9 Å². The van der Waals surface area contributed by atoms with Gasteiger partial charge in [0, 0.05) is 18.6 Å². The van der Waals surface area contributed by atoms with Gasteiger partial charge >= 0.3 is 0 Å². The lowest BCUT2D eigenvalue weighted by molar-refractivity contribution is 0.116. The number of halogens is 1. The highest BCUT2D eigenvalue weighted by Gasteiger charge is 2.25. The molecule has 0 saturated carbocycles. The first-order valence-electron chi connectivity index (χ1n) is 7.83. The minimum Gasteiger partial charge on any atom is -0.297 e. The molecule has 2 rings (SSSR count). The minimum absolute atomic E-state index is 0.0953. The van der Waals surface area contributed by atoms with Crippen LogP contribution in [-0.2, 0) is 10.0 Å². The Morgan fingerprint density at radius 1 is 1.41 bits per heavy atom. The zero-order valence-corrected chi connectivity index (χ0v) is 14.3. The molecule has 2 atom stereocenters. The van der Waals surface area contributed by atoms with Crippen LogP contribution in [0.2, 0.25) is 0 Å². The van der Waals surface area contributed by atoms with Crippen LogP contribution in [-0.4, -0.2) is 38.5 Å². The summed E-state index contributed by atoms with van der Waals surface area (Å²) in [5, 5.41) is 0. The molecular formula is C16H25FN2O2S. The van der Waals surface area contributed by atoms with Crippen LogP contribution < -0.4 is 4.72 Å². The van der Waals surface area contributed by atoms with Crippen LogP contribution in [0.5, 0.6) is 0 Å². The van der Waals surface area contributed by atoms with E-state index in [1.807, 2.05) is 6.92 Å². The van der Waals surface area contributed by atoms with Gasteiger partial charge < -0.3 is 0 Å². The molecule has 1 fully saturated rings. The van der Waals surface area contributed by atoms with E-state index in [1.54, 1.807) is 13.0 Å². The predicted octanol–water partition coefficient (Wildman–Crippen LogP) is 2.68.